The molecule has 7 rings (SSSR count). The molecule has 4 aromatic rings. The predicted molar refractivity (Wildman–Crippen MR) is 141 cm³/mol. The van der Waals surface area contributed by atoms with Crippen LogP contribution in [0.15, 0.2) is 82.5 Å². The smallest absolute Gasteiger partial charge is 0.339 e. The minimum absolute atomic E-state index is 0.0495. The van der Waals surface area contributed by atoms with Crippen molar-refractivity contribution >= 4 is 6.08 Å². The van der Waals surface area contributed by atoms with Crippen molar-refractivity contribution in [2.24, 2.45) is 17.3 Å². The Kier molecular flexibility index (Phi) is 5.63. The van der Waals surface area contributed by atoms with Crippen LogP contribution >= 0.6 is 0 Å². The number of alkyl halides is 3. The molecule has 204 valence electrons. The van der Waals surface area contributed by atoms with E-state index in [1.807, 2.05) is 42.6 Å². The number of nitrogens with zero attached hydrogens (tertiary/aromatic N) is 4. The molecule has 0 bridgehead atoms. The number of fused-ring (bicyclic) bond motifs is 4. The van der Waals surface area contributed by atoms with E-state index in [1.165, 1.54) is 17.7 Å². The van der Waals surface area contributed by atoms with Gasteiger partial charge >= 0.3 is 6.18 Å². The zero-order valence-corrected chi connectivity index (χ0v) is 21.7. The molecular formula is C31H26F4N4O. The van der Waals surface area contributed by atoms with Gasteiger partial charge in [-0.1, -0.05) is 59.6 Å². The second kappa shape index (κ2) is 9.01. The van der Waals surface area contributed by atoms with E-state index in [4.69, 9.17) is 4.52 Å². The Morgan fingerprint density at radius 2 is 1.82 bits per heavy atom. The van der Waals surface area contributed by atoms with Crippen molar-refractivity contribution in [3.05, 3.63) is 101 Å². The highest BCUT2D eigenvalue weighted by Crippen LogP contribution is 2.60. The summed E-state index contributed by atoms with van der Waals surface area (Å²) in [4.78, 5) is 4.51. The van der Waals surface area contributed by atoms with Gasteiger partial charge in [-0.2, -0.15) is 23.3 Å². The van der Waals surface area contributed by atoms with Crippen molar-refractivity contribution in [3.8, 4) is 17.1 Å². The molecule has 3 aliphatic carbocycles. The van der Waals surface area contributed by atoms with Crippen LogP contribution in [-0.4, -0.2) is 26.1 Å². The molecule has 2 aromatic heterocycles. The summed E-state index contributed by atoms with van der Waals surface area (Å²) in [6, 6.07) is 15.3. The van der Waals surface area contributed by atoms with Crippen molar-refractivity contribution in [3.63, 3.8) is 0 Å². The molecule has 0 saturated heterocycles. The highest BCUT2D eigenvalue weighted by molar-refractivity contribution is 5.64. The number of allylic oxidation sites excluding steroid dienone is 3. The van der Waals surface area contributed by atoms with E-state index >= 15 is 0 Å². The molecule has 4 atom stereocenters. The molecule has 5 nitrogen and oxygen atoms in total. The molecule has 1 unspecified atom stereocenters. The van der Waals surface area contributed by atoms with Gasteiger partial charge in [-0.3, -0.25) is 0 Å². The number of aromatic nitrogens is 4. The van der Waals surface area contributed by atoms with E-state index in [2.05, 4.69) is 28.2 Å². The van der Waals surface area contributed by atoms with Gasteiger partial charge in [-0.25, -0.2) is 9.07 Å². The van der Waals surface area contributed by atoms with Crippen LogP contribution in [0.2, 0.25) is 0 Å². The molecule has 0 aliphatic heterocycles. The summed E-state index contributed by atoms with van der Waals surface area (Å²) in [5, 5.41) is 8.64. The molecule has 9 heteroatoms. The third-order valence-corrected chi connectivity index (χ3v) is 8.92. The van der Waals surface area contributed by atoms with Gasteiger partial charge in [0.05, 0.1) is 29.4 Å². The molecule has 3 aliphatic rings. The fourth-order valence-corrected chi connectivity index (χ4v) is 6.99. The SMILES string of the molecule is C[C@]12Cc3cnn(-c4ccc(F)cc4)c3C=C1CCC1C2=CC[C@@H](C(F)(F)F)[C@@H]1c1nc(-c2ccccc2)no1. The molecular weight excluding hydrogens is 520 g/mol. The molecule has 2 aromatic carbocycles. The third kappa shape index (κ3) is 3.93. The Balaban J connectivity index is 1.27. The van der Waals surface area contributed by atoms with Gasteiger partial charge in [0.2, 0.25) is 11.7 Å². The van der Waals surface area contributed by atoms with Crippen LogP contribution in [0.4, 0.5) is 17.6 Å². The van der Waals surface area contributed by atoms with Crippen molar-refractivity contribution in [1.29, 1.82) is 0 Å². The first-order valence-electron chi connectivity index (χ1n) is 13.4. The quantitative estimate of drug-likeness (QED) is 0.195. The molecule has 0 spiro atoms. The standard InChI is InChI=1S/C31H26F4N4O/c1-30-16-19-17-36-39(22-10-8-21(32)9-11-22)26(19)15-20(30)7-12-23-24(30)13-14-25(31(33,34)35)27(23)29-37-28(38-40-29)18-5-3-2-4-6-18/h2-6,8-11,13,15,17,23,25,27H,7,12,14,16H2,1H3/t23?,25-,27-,30+/m1/s1. The first kappa shape index (κ1) is 25.0. The van der Waals surface area contributed by atoms with Crippen LogP contribution in [-0.2, 0) is 6.42 Å². The maximum Gasteiger partial charge on any atom is 0.392 e. The van der Waals surface area contributed by atoms with E-state index in [1.54, 1.807) is 16.8 Å². The van der Waals surface area contributed by atoms with Crippen molar-refractivity contribution < 1.29 is 22.1 Å². The summed E-state index contributed by atoms with van der Waals surface area (Å²) in [5.41, 5.74) is 5.14. The summed E-state index contributed by atoms with van der Waals surface area (Å²) < 4.78 is 64.1. The normalized spacial score (nSPS) is 25.9. The van der Waals surface area contributed by atoms with Gasteiger partial charge in [0.25, 0.3) is 0 Å². The predicted octanol–water partition coefficient (Wildman–Crippen LogP) is 7.71. The molecule has 0 amide bonds. The average Bonchev–Trinajstić information content (AvgIpc) is 3.59. The zero-order chi connectivity index (χ0) is 27.6. The number of rotatable bonds is 3. The van der Waals surface area contributed by atoms with E-state index in [9.17, 15) is 17.6 Å². The second-order valence-corrected chi connectivity index (χ2v) is 11.2. The zero-order valence-electron chi connectivity index (χ0n) is 21.7. The lowest BCUT2D eigenvalue weighted by Crippen LogP contribution is -2.44. The summed E-state index contributed by atoms with van der Waals surface area (Å²) in [6.07, 6.45) is 3.04. The molecule has 2 heterocycles. The lowest BCUT2D eigenvalue weighted by atomic mass is 9.54. The topological polar surface area (TPSA) is 56.7 Å². The van der Waals surface area contributed by atoms with Gasteiger partial charge in [-0.15, -0.1) is 0 Å². The fraction of sp³-hybridized carbons (Fsp3) is 0.323. The minimum atomic E-state index is -4.40. The Morgan fingerprint density at radius 1 is 1.05 bits per heavy atom. The van der Waals surface area contributed by atoms with Gasteiger partial charge in [-0.05, 0) is 67.5 Å². The van der Waals surface area contributed by atoms with E-state index in [0.29, 0.717) is 30.7 Å². The number of hydrogen-bond donors (Lipinski definition) is 0. The highest BCUT2D eigenvalue weighted by atomic mass is 19.4. The maximum absolute atomic E-state index is 14.4. The summed E-state index contributed by atoms with van der Waals surface area (Å²) >= 11 is 0. The first-order valence-corrected chi connectivity index (χ1v) is 13.4. The van der Waals surface area contributed by atoms with Crippen LogP contribution in [0.5, 0.6) is 0 Å². The van der Waals surface area contributed by atoms with Gasteiger partial charge in [0, 0.05) is 11.0 Å². The summed E-state index contributed by atoms with van der Waals surface area (Å²) in [7, 11) is 0. The molecule has 1 saturated carbocycles. The lowest BCUT2D eigenvalue weighted by Gasteiger charge is -2.50. The van der Waals surface area contributed by atoms with E-state index in [-0.39, 0.29) is 24.0 Å². The Hall–Kier alpha value is -4.01. The van der Waals surface area contributed by atoms with E-state index in [0.717, 1.165) is 22.5 Å². The third-order valence-electron chi connectivity index (χ3n) is 8.92. The van der Waals surface area contributed by atoms with Crippen LogP contribution in [0.1, 0.15) is 49.3 Å². The van der Waals surface area contributed by atoms with Crippen LogP contribution in [0, 0.1) is 23.1 Å². The molecule has 0 N–H and O–H groups in total. The van der Waals surface area contributed by atoms with Crippen LogP contribution in [0.25, 0.3) is 23.2 Å². The van der Waals surface area contributed by atoms with Gasteiger partial charge in [0.15, 0.2) is 0 Å². The van der Waals surface area contributed by atoms with Gasteiger partial charge < -0.3 is 4.52 Å². The Labute approximate surface area is 228 Å². The summed E-state index contributed by atoms with van der Waals surface area (Å²) in [5.74, 6) is -2.90. The number of halogens is 4. The van der Waals surface area contributed by atoms with Gasteiger partial charge in [0.1, 0.15) is 5.82 Å². The molecule has 0 radical (unpaired) electrons. The average molecular weight is 547 g/mol. The Bertz CT molecular complexity index is 1630. The maximum atomic E-state index is 14.4. The van der Waals surface area contributed by atoms with Crippen LogP contribution in [0.3, 0.4) is 0 Å². The number of hydrogen-bond acceptors (Lipinski definition) is 4. The molecule has 40 heavy (non-hydrogen) atoms. The lowest BCUT2D eigenvalue weighted by molar-refractivity contribution is -0.187. The molecule has 1 fully saturated rings. The minimum Gasteiger partial charge on any atom is -0.339 e. The fourth-order valence-electron chi connectivity index (χ4n) is 6.99. The van der Waals surface area contributed by atoms with Crippen molar-refractivity contribution in [2.45, 2.75) is 44.7 Å². The largest absolute Gasteiger partial charge is 0.392 e. The second-order valence-electron chi connectivity index (χ2n) is 11.2. The summed E-state index contributed by atoms with van der Waals surface area (Å²) in [6.45, 7) is 2.13. The van der Waals surface area contributed by atoms with Crippen molar-refractivity contribution in [2.75, 3.05) is 0 Å². The number of benzene rings is 2. The monoisotopic (exact) mass is 546 g/mol. The first-order chi connectivity index (χ1) is 19.2. The van der Waals surface area contributed by atoms with Crippen molar-refractivity contribution in [1.82, 2.24) is 19.9 Å². The Morgan fingerprint density at radius 3 is 2.58 bits per heavy atom. The van der Waals surface area contributed by atoms with Crippen LogP contribution < -0.4 is 0 Å². The van der Waals surface area contributed by atoms with E-state index < -0.39 is 23.4 Å². The highest BCUT2D eigenvalue weighted by Gasteiger charge is 2.56.